The van der Waals surface area contributed by atoms with Crippen LogP contribution in [0.2, 0.25) is 0 Å². The van der Waals surface area contributed by atoms with E-state index in [9.17, 15) is 0 Å². The van der Waals surface area contributed by atoms with Crippen LogP contribution in [0.1, 0.15) is 12.5 Å². The van der Waals surface area contributed by atoms with E-state index in [0.717, 1.165) is 17.8 Å². The third-order valence-electron chi connectivity index (χ3n) is 2.99. The number of benzene rings is 1. The standard InChI is InChI=1S/C14H15N5/c1-10(7-11-5-3-2-4-6-11)19-14-12-13(16-8-15-12)17-9-18-14/h2-6,8-10H,7H2,1H3,(H2,15,16,17,18,19)/t10-/m0/s1. The summed E-state index contributed by atoms with van der Waals surface area (Å²) in [5.41, 5.74) is 2.84. The summed E-state index contributed by atoms with van der Waals surface area (Å²) in [6, 6.07) is 10.7. The summed E-state index contributed by atoms with van der Waals surface area (Å²) < 4.78 is 0. The van der Waals surface area contributed by atoms with Gasteiger partial charge >= 0.3 is 0 Å². The molecule has 0 fully saturated rings. The van der Waals surface area contributed by atoms with E-state index < -0.39 is 0 Å². The van der Waals surface area contributed by atoms with Gasteiger partial charge in [0.05, 0.1) is 6.33 Å². The largest absolute Gasteiger partial charge is 0.365 e. The first-order chi connectivity index (χ1) is 9.33. The van der Waals surface area contributed by atoms with Gasteiger partial charge in [0.15, 0.2) is 11.5 Å². The molecule has 0 radical (unpaired) electrons. The summed E-state index contributed by atoms with van der Waals surface area (Å²) in [7, 11) is 0. The number of nitrogens with zero attached hydrogens (tertiary/aromatic N) is 3. The molecule has 5 nitrogen and oxygen atoms in total. The molecule has 19 heavy (non-hydrogen) atoms. The van der Waals surface area contributed by atoms with Gasteiger partial charge in [-0.25, -0.2) is 15.0 Å². The van der Waals surface area contributed by atoms with Crippen molar-refractivity contribution in [2.45, 2.75) is 19.4 Å². The molecule has 96 valence electrons. The van der Waals surface area contributed by atoms with Crippen molar-refractivity contribution in [2.75, 3.05) is 5.32 Å². The van der Waals surface area contributed by atoms with Crippen LogP contribution in [-0.2, 0) is 6.42 Å². The number of rotatable bonds is 4. The van der Waals surface area contributed by atoms with E-state index in [1.165, 1.54) is 11.9 Å². The fourth-order valence-electron chi connectivity index (χ4n) is 2.13. The lowest BCUT2D eigenvalue weighted by Gasteiger charge is -2.14. The van der Waals surface area contributed by atoms with Crippen LogP contribution < -0.4 is 5.32 Å². The molecule has 0 aliphatic carbocycles. The molecule has 0 unspecified atom stereocenters. The number of H-pyrrole nitrogens is 1. The van der Waals surface area contributed by atoms with Crippen molar-refractivity contribution in [3.05, 3.63) is 48.5 Å². The Labute approximate surface area is 111 Å². The van der Waals surface area contributed by atoms with Crippen molar-refractivity contribution in [1.29, 1.82) is 0 Å². The molecule has 2 N–H and O–H groups in total. The van der Waals surface area contributed by atoms with E-state index in [2.05, 4.69) is 56.4 Å². The quantitative estimate of drug-likeness (QED) is 0.749. The first-order valence-corrected chi connectivity index (χ1v) is 6.27. The Hall–Kier alpha value is -2.43. The van der Waals surface area contributed by atoms with Crippen LogP contribution >= 0.6 is 0 Å². The van der Waals surface area contributed by atoms with Crippen molar-refractivity contribution in [3.8, 4) is 0 Å². The Morgan fingerprint density at radius 1 is 1.16 bits per heavy atom. The summed E-state index contributed by atoms with van der Waals surface area (Å²) in [5.74, 6) is 0.797. The molecule has 1 aromatic carbocycles. The molecular weight excluding hydrogens is 238 g/mol. The summed E-state index contributed by atoms with van der Waals surface area (Å²) in [6.07, 6.45) is 4.10. The zero-order chi connectivity index (χ0) is 13.1. The topological polar surface area (TPSA) is 66.5 Å². The van der Waals surface area contributed by atoms with Crippen molar-refractivity contribution in [3.63, 3.8) is 0 Å². The van der Waals surface area contributed by atoms with Gasteiger partial charge in [0, 0.05) is 6.04 Å². The molecule has 0 bridgehead atoms. The Balaban J connectivity index is 1.76. The first kappa shape index (κ1) is 11.6. The number of hydrogen-bond acceptors (Lipinski definition) is 4. The van der Waals surface area contributed by atoms with Gasteiger partial charge in [0.25, 0.3) is 0 Å². The highest BCUT2D eigenvalue weighted by atomic mass is 15.1. The normalized spacial score (nSPS) is 12.5. The van der Waals surface area contributed by atoms with Gasteiger partial charge in [-0.1, -0.05) is 30.3 Å². The van der Waals surface area contributed by atoms with Crippen molar-refractivity contribution in [1.82, 2.24) is 19.9 Å². The van der Waals surface area contributed by atoms with E-state index in [-0.39, 0.29) is 6.04 Å². The Bertz CT molecular complexity index is 662. The second kappa shape index (κ2) is 5.06. The second-order valence-electron chi connectivity index (χ2n) is 4.56. The predicted octanol–water partition coefficient (Wildman–Crippen LogP) is 2.40. The summed E-state index contributed by atoms with van der Waals surface area (Å²) >= 11 is 0. The molecule has 0 saturated carbocycles. The fraction of sp³-hybridized carbons (Fsp3) is 0.214. The van der Waals surface area contributed by atoms with Crippen molar-refractivity contribution < 1.29 is 0 Å². The highest BCUT2D eigenvalue weighted by Crippen LogP contribution is 2.16. The summed E-state index contributed by atoms with van der Waals surface area (Å²) in [5, 5.41) is 3.40. The minimum Gasteiger partial charge on any atom is -0.365 e. The van der Waals surface area contributed by atoms with Gasteiger partial charge in [-0.2, -0.15) is 0 Å². The first-order valence-electron chi connectivity index (χ1n) is 6.27. The number of hydrogen-bond donors (Lipinski definition) is 2. The second-order valence-corrected chi connectivity index (χ2v) is 4.56. The van der Waals surface area contributed by atoms with E-state index in [4.69, 9.17) is 0 Å². The minimum absolute atomic E-state index is 0.281. The lowest BCUT2D eigenvalue weighted by atomic mass is 10.1. The minimum atomic E-state index is 0.281. The summed E-state index contributed by atoms with van der Waals surface area (Å²) in [4.78, 5) is 15.5. The Morgan fingerprint density at radius 3 is 2.84 bits per heavy atom. The highest BCUT2D eigenvalue weighted by molar-refractivity contribution is 5.82. The lowest BCUT2D eigenvalue weighted by Crippen LogP contribution is -2.19. The Morgan fingerprint density at radius 2 is 2.00 bits per heavy atom. The maximum absolute atomic E-state index is 4.27. The number of nitrogens with one attached hydrogen (secondary N) is 2. The average molecular weight is 253 g/mol. The Kier molecular flexibility index (Phi) is 3.10. The van der Waals surface area contributed by atoms with Gasteiger partial charge in [-0.15, -0.1) is 0 Å². The molecule has 2 aromatic heterocycles. The van der Waals surface area contributed by atoms with Gasteiger partial charge in [0.1, 0.15) is 11.8 Å². The van der Waals surface area contributed by atoms with Crippen LogP contribution in [0.4, 0.5) is 5.82 Å². The van der Waals surface area contributed by atoms with Gasteiger partial charge in [-0.05, 0) is 18.9 Å². The third-order valence-corrected chi connectivity index (χ3v) is 2.99. The molecule has 2 heterocycles. The van der Waals surface area contributed by atoms with Crippen molar-refractivity contribution in [2.24, 2.45) is 0 Å². The van der Waals surface area contributed by atoms with E-state index >= 15 is 0 Å². The fourth-order valence-corrected chi connectivity index (χ4v) is 2.13. The average Bonchev–Trinajstić information content (AvgIpc) is 2.89. The smallest absolute Gasteiger partial charge is 0.182 e. The van der Waals surface area contributed by atoms with Crippen molar-refractivity contribution >= 4 is 17.0 Å². The van der Waals surface area contributed by atoms with Crippen LogP contribution in [0.25, 0.3) is 11.2 Å². The van der Waals surface area contributed by atoms with Gasteiger partial charge < -0.3 is 10.3 Å². The number of fused-ring (bicyclic) bond motifs is 1. The number of imidazole rings is 1. The number of aromatic amines is 1. The molecule has 0 spiro atoms. The summed E-state index contributed by atoms with van der Waals surface area (Å²) in [6.45, 7) is 2.14. The van der Waals surface area contributed by atoms with E-state index in [1.54, 1.807) is 6.33 Å². The van der Waals surface area contributed by atoms with Crippen LogP contribution in [-0.4, -0.2) is 26.0 Å². The molecule has 0 saturated heterocycles. The molecule has 3 aromatic rings. The molecule has 0 aliphatic rings. The van der Waals surface area contributed by atoms with Gasteiger partial charge in [0.2, 0.25) is 0 Å². The predicted molar refractivity (Wildman–Crippen MR) is 74.9 cm³/mol. The van der Waals surface area contributed by atoms with Crippen LogP contribution in [0.5, 0.6) is 0 Å². The van der Waals surface area contributed by atoms with Crippen LogP contribution in [0.3, 0.4) is 0 Å². The molecule has 1 atom stereocenters. The zero-order valence-electron chi connectivity index (χ0n) is 10.7. The maximum atomic E-state index is 4.27. The maximum Gasteiger partial charge on any atom is 0.182 e. The SMILES string of the molecule is C[C@@H](Cc1ccccc1)Nc1ncnc2nc[nH]c12. The lowest BCUT2D eigenvalue weighted by molar-refractivity contribution is 0.785. The molecule has 3 rings (SSSR count). The zero-order valence-corrected chi connectivity index (χ0v) is 10.7. The third kappa shape index (κ3) is 2.54. The molecule has 0 amide bonds. The van der Waals surface area contributed by atoms with E-state index in [1.807, 2.05) is 6.07 Å². The number of anilines is 1. The molecular formula is C14H15N5. The molecule has 0 aliphatic heterocycles. The van der Waals surface area contributed by atoms with Crippen LogP contribution in [0, 0.1) is 0 Å². The monoisotopic (exact) mass is 253 g/mol. The van der Waals surface area contributed by atoms with E-state index in [0.29, 0.717) is 5.65 Å². The number of aromatic nitrogens is 4. The van der Waals surface area contributed by atoms with Crippen LogP contribution in [0.15, 0.2) is 43.0 Å². The molecule has 5 heteroatoms. The highest BCUT2D eigenvalue weighted by Gasteiger charge is 2.09. The van der Waals surface area contributed by atoms with Gasteiger partial charge in [-0.3, -0.25) is 0 Å².